The molecule has 0 bridgehead atoms. The van der Waals surface area contributed by atoms with Crippen molar-refractivity contribution in [1.82, 2.24) is 14.8 Å². The first-order valence-corrected chi connectivity index (χ1v) is 13.6. The van der Waals surface area contributed by atoms with E-state index in [4.69, 9.17) is 4.74 Å². The van der Waals surface area contributed by atoms with Crippen LogP contribution < -0.4 is 9.46 Å². The van der Waals surface area contributed by atoms with Gasteiger partial charge >= 0.3 is 0 Å². The molecule has 2 amide bonds. The third-order valence-corrected chi connectivity index (χ3v) is 7.60. The average Bonchev–Trinajstić information content (AvgIpc) is 2.94. The van der Waals surface area contributed by atoms with Crippen molar-refractivity contribution < 1.29 is 22.7 Å². The summed E-state index contributed by atoms with van der Waals surface area (Å²) in [5.41, 5.74) is 1.28. The number of rotatable bonds is 7. The minimum absolute atomic E-state index is 0.0489. The van der Waals surface area contributed by atoms with E-state index in [1.165, 1.54) is 31.4 Å². The third kappa shape index (κ3) is 5.52. The van der Waals surface area contributed by atoms with Crippen LogP contribution in [0.25, 0.3) is 10.9 Å². The molecule has 1 aromatic heterocycles. The van der Waals surface area contributed by atoms with Crippen molar-refractivity contribution in [3.63, 3.8) is 0 Å². The standard InChI is InChI=1S/C27H29N5O5S/c1-4-22(28-5-2)27(34)32-16-14-31(15-17-32)26(33)21-12-11-20(18-23(21)37-3)30-38(35,36)24-10-6-8-19-9-7-13-29-25(19)24/h4-13,18,30H,14-17H2,1-3H3/b22-4-,28-5?. The molecule has 1 saturated heterocycles. The van der Waals surface area contributed by atoms with Crippen LogP contribution in [0.5, 0.6) is 5.75 Å². The lowest BCUT2D eigenvalue weighted by Crippen LogP contribution is -2.50. The van der Waals surface area contributed by atoms with E-state index in [2.05, 4.69) is 14.7 Å². The van der Waals surface area contributed by atoms with E-state index in [-0.39, 0.29) is 28.1 Å². The lowest BCUT2D eigenvalue weighted by atomic mass is 10.1. The van der Waals surface area contributed by atoms with E-state index < -0.39 is 10.0 Å². The Hall–Kier alpha value is -4.25. The number of allylic oxidation sites excluding steroid dienone is 1. The number of hydrogen-bond donors (Lipinski definition) is 1. The van der Waals surface area contributed by atoms with E-state index >= 15 is 0 Å². The number of para-hydroxylation sites is 1. The monoisotopic (exact) mass is 535 g/mol. The Morgan fingerprint density at radius 3 is 2.42 bits per heavy atom. The molecule has 38 heavy (non-hydrogen) atoms. The molecule has 1 aliphatic rings. The van der Waals surface area contributed by atoms with Crippen molar-refractivity contribution in [2.45, 2.75) is 18.7 Å². The van der Waals surface area contributed by atoms with Gasteiger partial charge in [0, 0.05) is 50.0 Å². The van der Waals surface area contributed by atoms with Crippen LogP contribution in [0.3, 0.4) is 0 Å². The highest BCUT2D eigenvalue weighted by Gasteiger charge is 2.28. The fourth-order valence-corrected chi connectivity index (χ4v) is 5.50. The van der Waals surface area contributed by atoms with E-state index in [0.717, 1.165) is 0 Å². The smallest absolute Gasteiger partial charge is 0.272 e. The number of ether oxygens (including phenoxy) is 1. The van der Waals surface area contributed by atoms with Crippen molar-refractivity contribution in [2.24, 2.45) is 4.99 Å². The molecule has 2 heterocycles. The minimum atomic E-state index is -3.96. The van der Waals surface area contributed by atoms with Crippen molar-refractivity contribution >= 4 is 44.6 Å². The highest BCUT2D eigenvalue weighted by atomic mass is 32.2. The number of fused-ring (bicyclic) bond motifs is 1. The number of benzene rings is 2. The first-order valence-electron chi connectivity index (χ1n) is 12.1. The Balaban J connectivity index is 1.49. The topological polar surface area (TPSA) is 121 Å². The molecule has 1 fully saturated rings. The number of carbonyl (C=O) groups excluding carboxylic acids is 2. The lowest BCUT2D eigenvalue weighted by Gasteiger charge is -2.35. The average molecular weight is 536 g/mol. The number of sulfonamides is 1. The number of aliphatic imine (C=N–C) groups is 1. The highest BCUT2D eigenvalue weighted by Crippen LogP contribution is 2.28. The zero-order valence-corrected chi connectivity index (χ0v) is 22.2. The van der Waals surface area contributed by atoms with Crippen LogP contribution in [0.4, 0.5) is 5.69 Å². The molecule has 198 valence electrons. The van der Waals surface area contributed by atoms with Crippen LogP contribution >= 0.6 is 0 Å². The fourth-order valence-electron chi connectivity index (χ4n) is 4.27. The Bertz CT molecular complexity index is 1520. The molecule has 1 aliphatic heterocycles. The Morgan fingerprint density at radius 2 is 1.74 bits per heavy atom. The van der Waals surface area contributed by atoms with Crippen LogP contribution in [0.1, 0.15) is 24.2 Å². The summed E-state index contributed by atoms with van der Waals surface area (Å²) in [6.45, 7) is 4.96. The summed E-state index contributed by atoms with van der Waals surface area (Å²) in [6.07, 6.45) is 4.78. The Morgan fingerprint density at radius 1 is 1.03 bits per heavy atom. The number of methoxy groups -OCH3 is 1. The molecule has 3 aromatic rings. The third-order valence-electron chi connectivity index (χ3n) is 6.18. The number of aromatic nitrogens is 1. The maximum absolute atomic E-state index is 13.3. The van der Waals surface area contributed by atoms with Crippen molar-refractivity contribution in [2.75, 3.05) is 38.0 Å². The van der Waals surface area contributed by atoms with Crippen molar-refractivity contribution in [3.05, 3.63) is 72.1 Å². The van der Waals surface area contributed by atoms with Gasteiger partial charge in [-0.2, -0.15) is 0 Å². The fraction of sp³-hybridized carbons (Fsp3) is 0.259. The highest BCUT2D eigenvalue weighted by molar-refractivity contribution is 7.93. The van der Waals surface area contributed by atoms with Gasteiger partial charge in [0.05, 0.1) is 23.9 Å². The molecule has 10 nitrogen and oxygen atoms in total. The lowest BCUT2D eigenvalue weighted by molar-refractivity contribution is -0.128. The summed E-state index contributed by atoms with van der Waals surface area (Å²) < 4.78 is 34.3. The second-order valence-corrected chi connectivity index (χ2v) is 10.1. The maximum atomic E-state index is 13.3. The van der Waals surface area contributed by atoms with Gasteiger partial charge in [-0.25, -0.2) is 8.42 Å². The first kappa shape index (κ1) is 26.8. The Kier molecular flexibility index (Phi) is 8.06. The summed E-state index contributed by atoms with van der Waals surface area (Å²) in [5.74, 6) is -0.203. The number of amides is 2. The van der Waals surface area contributed by atoms with Gasteiger partial charge in [-0.05, 0) is 38.1 Å². The van der Waals surface area contributed by atoms with Gasteiger partial charge < -0.3 is 14.5 Å². The van der Waals surface area contributed by atoms with Crippen LogP contribution in [0.15, 0.2) is 76.4 Å². The molecule has 0 aliphatic carbocycles. The van der Waals surface area contributed by atoms with Gasteiger partial charge in [0.2, 0.25) is 0 Å². The molecule has 1 N–H and O–H groups in total. The number of nitrogens with one attached hydrogen (secondary N) is 1. The van der Waals surface area contributed by atoms with Crippen LogP contribution in [-0.2, 0) is 14.8 Å². The van der Waals surface area contributed by atoms with Gasteiger partial charge in [-0.15, -0.1) is 0 Å². The number of pyridine rings is 1. The zero-order chi connectivity index (χ0) is 27.3. The molecule has 2 aromatic carbocycles. The number of nitrogens with zero attached hydrogens (tertiary/aromatic N) is 4. The van der Waals surface area contributed by atoms with Crippen LogP contribution in [0.2, 0.25) is 0 Å². The number of carbonyl (C=O) groups is 2. The van der Waals surface area contributed by atoms with Gasteiger partial charge in [0.25, 0.3) is 21.8 Å². The van der Waals surface area contributed by atoms with Gasteiger partial charge in [-0.1, -0.05) is 24.3 Å². The predicted molar refractivity (Wildman–Crippen MR) is 146 cm³/mol. The quantitative estimate of drug-likeness (QED) is 0.366. The van der Waals surface area contributed by atoms with E-state index in [1.54, 1.807) is 66.4 Å². The van der Waals surface area contributed by atoms with Gasteiger partial charge in [-0.3, -0.25) is 24.3 Å². The molecule has 11 heteroatoms. The summed E-state index contributed by atoms with van der Waals surface area (Å²) in [4.78, 5) is 37.6. The van der Waals surface area contributed by atoms with Crippen LogP contribution in [-0.4, -0.2) is 74.5 Å². The van der Waals surface area contributed by atoms with E-state index in [1.807, 2.05) is 0 Å². The maximum Gasteiger partial charge on any atom is 0.272 e. The van der Waals surface area contributed by atoms with Gasteiger partial charge in [0.1, 0.15) is 16.3 Å². The number of piperazine rings is 1. The molecule has 0 unspecified atom stereocenters. The second kappa shape index (κ2) is 11.4. The summed E-state index contributed by atoms with van der Waals surface area (Å²) in [7, 11) is -2.54. The molecule has 0 spiro atoms. The molecular weight excluding hydrogens is 506 g/mol. The molecule has 0 atom stereocenters. The zero-order valence-electron chi connectivity index (χ0n) is 21.4. The van der Waals surface area contributed by atoms with E-state index in [9.17, 15) is 18.0 Å². The number of hydrogen-bond acceptors (Lipinski definition) is 7. The molecular formula is C27H29N5O5S. The second-order valence-electron chi connectivity index (χ2n) is 8.50. The molecule has 4 rings (SSSR count). The summed E-state index contributed by atoms with van der Waals surface area (Å²) in [6, 6.07) is 13.0. The summed E-state index contributed by atoms with van der Waals surface area (Å²) in [5, 5.41) is 0.704. The van der Waals surface area contributed by atoms with Gasteiger partial charge in [0.15, 0.2) is 0 Å². The van der Waals surface area contributed by atoms with Crippen molar-refractivity contribution in [1.29, 1.82) is 0 Å². The summed E-state index contributed by atoms with van der Waals surface area (Å²) >= 11 is 0. The molecule has 0 radical (unpaired) electrons. The molecule has 0 saturated carbocycles. The van der Waals surface area contributed by atoms with E-state index in [0.29, 0.717) is 48.3 Å². The minimum Gasteiger partial charge on any atom is -0.496 e. The SMILES string of the molecule is CC=N/C(=C\C)C(=O)N1CCN(C(=O)c2ccc(NS(=O)(=O)c3cccc4cccnc34)cc2OC)CC1. The van der Waals surface area contributed by atoms with Crippen LogP contribution in [0, 0.1) is 0 Å². The number of anilines is 1. The first-order chi connectivity index (χ1) is 18.3. The normalized spacial score (nSPS) is 14.7. The Labute approximate surface area is 221 Å². The largest absolute Gasteiger partial charge is 0.496 e. The predicted octanol–water partition coefficient (Wildman–Crippen LogP) is 3.32. The van der Waals surface area contributed by atoms with Crippen molar-refractivity contribution in [3.8, 4) is 5.75 Å².